The average Bonchev–Trinajstić information content (AvgIpc) is 1.81. The average molecular weight is 332 g/mol. The summed E-state index contributed by atoms with van der Waals surface area (Å²) in [5, 5.41) is 1.30. The summed E-state index contributed by atoms with van der Waals surface area (Å²) in [5.41, 5.74) is 0. The van der Waals surface area contributed by atoms with Crippen LogP contribution in [0.25, 0.3) is 0 Å². The zero-order valence-corrected chi connectivity index (χ0v) is 13.2. The van der Waals surface area contributed by atoms with E-state index in [2.05, 4.69) is 24.3 Å². The summed E-state index contributed by atoms with van der Waals surface area (Å²) in [5.74, 6) is 0. The molecule has 6 heteroatoms. The van der Waals surface area contributed by atoms with E-state index in [1.807, 2.05) is 0 Å². The maximum Gasteiger partial charge on any atom is -0.147 e. The maximum atomic E-state index is 2.64. The summed E-state index contributed by atoms with van der Waals surface area (Å²) >= 11 is 2.64. The van der Waals surface area contributed by atoms with Crippen molar-refractivity contribution in [1.82, 2.24) is 0 Å². The van der Waals surface area contributed by atoms with Crippen molar-refractivity contribution < 1.29 is 17.4 Å². The van der Waals surface area contributed by atoms with Crippen LogP contribution in [0.5, 0.6) is 0 Å². The van der Waals surface area contributed by atoms with Crippen molar-refractivity contribution in [2.75, 3.05) is 0 Å². The summed E-state index contributed by atoms with van der Waals surface area (Å²) in [4.78, 5) is 0. The minimum absolute atomic E-state index is 0. The molecule has 0 N–H and O–H groups in total. The SMILES string of the molecule is CCCCCC[CH2][V].Cl.Cl.Cl.Cl.Cl. The molecule has 0 saturated heterocycles. The van der Waals surface area contributed by atoms with Gasteiger partial charge < -0.3 is 0 Å². The quantitative estimate of drug-likeness (QED) is 0.619. The second-order valence-corrected chi connectivity index (χ2v) is 2.84. The number of unbranched alkanes of at least 4 members (excludes halogenated alkanes) is 4. The fraction of sp³-hybridized carbons (Fsp3) is 1.00. The molecular weight excluding hydrogens is 312 g/mol. The fourth-order valence-electron chi connectivity index (χ4n) is 0.715. The third-order valence-electron chi connectivity index (χ3n) is 1.26. The Morgan fingerprint density at radius 2 is 1.08 bits per heavy atom. The van der Waals surface area contributed by atoms with Crippen LogP contribution in [0.15, 0.2) is 0 Å². The molecule has 0 aromatic carbocycles. The Hall–Kier alpha value is 2.03. The predicted molar refractivity (Wildman–Crippen MR) is 69.8 cm³/mol. The molecule has 0 heterocycles. The fourth-order valence-corrected chi connectivity index (χ4v) is 1.06. The molecule has 0 atom stereocenters. The molecule has 0 rings (SSSR count). The first-order valence-corrected chi connectivity index (χ1v) is 4.51. The molecule has 0 aromatic heterocycles. The van der Waals surface area contributed by atoms with Gasteiger partial charge in [-0.05, 0) is 0 Å². The summed E-state index contributed by atoms with van der Waals surface area (Å²) in [6.07, 6.45) is 7.06. The first-order valence-electron chi connectivity index (χ1n) is 3.52. The number of hydrogen-bond donors (Lipinski definition) is 0. The maximum absolute atomic E-state index is 2.64. The molecule has 0 nitrogen and oxygen atoms in total. The van der Waals surface area contributed by atoms with Crippen molar-refractivity contribution in [2.45, 2.75) is 44.2 Å². The van der Waals surface area contributed by atoms with Crippen molar-refractivity contribution >= 4 is 62.0 Å². The Bertz CT molecular complexity index is 41.9. The van der Waals surface area contributed by atoms with Crippen LogP contribution in [-0.2, 0) is 17.4 Å². The van der Waals surface area contributed by atoms with Crippen molar-refractivity contribution in [3.63, 3.8) is 0 Å². The molecule has 13 heavy (non-hydrogen) atoms. The predicted octanol–water partition coefficient (Wildman–Crippen LogP) is 5.03. The standard InChI is InChI=1S/C7H15.5ClH.V/c1-3-5-7-6-4-2;;;;;;/h1,3-7H2,2H3;5*1H;. The van der Waals surface area contributed by atoms with Crippen molar-refractivity contribution in [2.24, 2.45) is 0 Å². The minimum Gasteiger partial charge on any atom is -0.147 e. The van der Waals surface area contributed by atoms with Gasteiger partial charge in [0.2, 0.25) is 0 Å². The molecule has 0 bridgehead atoms. The summed E-state index contributed by atoms with van der Waals surface area (Å²) in [6, 6.07) is 0. The van der Waals surface area contributed by atoms with E-state index >= 15 is 0 Å². The molecule has 88 valence electrons. The second-order valence-electron chi connectivity index (χ2n) is 2.14. The molecule has 0 spiro atoms. The Balaban J connectivity index is -0.0000000245. The van der Waals surface area contributed by atoms with E-state index < -0.39 is 0 Å². The van der Waals surface area contributed by atoms with Gasteiger partial charge in [-0.2, -0.15) is 0 Å². The van der Waals surface area contributed by atoms with Crippen LogP contribution in [0.4, 0.5) is 0 Å². The van der Waals surface area contributed by atoms with Gasteiger partial charge in [-0.3, -0.25) is 0 Å². The van der Waals surface area contributed by atoms with Gasteiger partial charge in [-0.1, -0.05) is 0 Å². The zero-order chi connectivity index (χ0) is 6.24. The summed E-state index contributed by atoms with van der Waals surface area (Å²) < 4.78 is 0. The van der Waals surface area contributed by atoms with Crippen LogP contribution in [0.3, 0.4) is 0 Å². The smallest absolute Gasteiger partial charge is 0.147 e. The van der Waals surface area contributed by atoms with Crippen LogP contribution >= 0.6 is 62.0 Å². The Labute approximate surface area is 123 Å². The number of hydrogen-bond acceptors (Lipinski definition) is 0. The van der Waals surface area contributed by atoms with Gasteiger partial charge in [0.25, 0.3) is 0 Å². The first kappa shape index (κ1) is 36.3. The monoisotopic (exact) mass is 330 g/mol. The van der Waals surface area contributed by atoms with Gasteiger partial charge in [-0.15, -0.1) is 62.0 Å². The molecule has 0 unspecified atom stereocenters. The van der Waals surface area contributed by atoms with Gasteiger partial charge in [0.15, 0.2) is 0 Å². The first-order chi connectivity index (χ1) is 3.91. The van der Waals surface area contributed by atoms with Gasteiger partial charge >= 0.3 is 61.6 Å². The van der Waals surface area contributed by atoms with Gasteiger partial charge in [0.1, 0.15) is 0 Å². The molecular formula is C7H20Cl5V. The topological polar surface area (TPSA) is 0 Å². The Morgan fingerprint density at radius 3 is 1.38 bits per heavy atom. The van der Waals surface area contributed by atoms with E-state index in [9.17, 15) is 0 Å². The van der Waals surface area contributed by atoms with Crippen LogP contribution in [0.1, 0.15) is 39.0 Å². The third-order valence-corrected chi connectivity index (χ3v) is 1.76. The molecule has 0 aromatic rings. The van der Waals surface area contributed by atoms with Crippen LogP contribution in [0.2, 0.25) is 5.13 Å². The molecule has 0 fully saturated rings. The van der Waals surface area contributed by atoms with E-state index in [4.69, 9.17) is 0 Å². The van der Waals surface area contributed by atoms with E-state index in [-0.39, 0.29) is 62.0 Å². The van der Waals surface area contributed by atoms with Crippen molar-refractivity contribution in [3.05, 3.63) is 0 Å². The molecule has 0 aliphatic heterocycles. The molecule has 0 radical (unpaired) electrons. The Morgan fingerprint density at radius 1 is 0.692 bits per heavy atom. The van der Waals surface area contributed by atoms with Crippen LogP contribution < -0.4 is 0 Å². The van der Waals surface area contributed by atoms with Crippen molar-refractivity contribution in [3.8, 4) is 0 Å². The normalized spacial score (nSPS) is 5.92. The van der Waals surface area contributed by atoms with E-state index in [0.717, 1.165) is 0 Å². The molecule has 0 aliphatic rings. The number of rotatable bonds is 5. The Kier molecular flexibility index (Phi) is 103. The second kappa shape index (κ2) is 36.9. The summed E-state index contributed by atoms with van der Waals surface area (Å²) in [6.45, 7) is 2.25. The van der Waals surface area contributed by atoms with E-state index in [1.165, 1.54) is 37.2 Å². The molecule has 0 amide bonds. The minimum atomic E-state index is 0. The largest absolute Gasteiger partial charge is 0.147 e. The van der Waals surface area contributed by atoms with Crippen LogP contribution in [-0.4, -0.2) is 0 Å². The van der Waals surface area contributed by atoms with Gasteiger partial charge in [0, 0.05) is 0 Å². The third kappa shape index (κ3) is 41.1. The molecule has 0 saturated carbocycles. The molecule has 0 aliphatic carbocycles. The summed E-state index contributed by atoms with van der Waals surface area (Å²) in [7, 11) is 0. The van der Waals surface area contributed by atoms with E-state index in [1.54, 1.807) is 0 Å². The van der Waals surface area contributed by atoms with Crippen molar-refractivity contribution in [1.29, 1.82) is 0 Å². The van der Waals surface area contributed by atoms with Gasteiger partial charge in [-0.25, -0.2) is 0 Å². The number of halogens is 5. The van der Waals surface area contributed by atoms with Crippen LogP contribution in [0, 0.1) is 0 Å². The van der Waals surface area contributed by atoms with Gasteiger partial charge in [0.05, 0.1) is 0 Å². The zero-order valence-electron chi connectivity index (χ0n) is 7.73. The van der Waals surface area contributed by atoms with E-state index in [0.29, 0.717) is 0 Å².